The van der Waals surface area contributed by atoms with E-state index in [0.29, 0.717) is 31.2 Å². The molecule has 2 N–H and O–H groups in total. The number of amides is 2. The molecule has 1 atom stereocenters. The van der Waals surface area contributed by atoms with Crippen molar-refractivity contribution in [1.29, 1.82) is 0 Å². The minimum atomic E-state index is -0.294. The average Bonchev–Trinajstić information content (AvgIpc) is 3.61. The molecule has 1 aliphatic carbocycles. The first-order valence-corrected chi connectivity index (χ1v) is 20.0. The van der Waals surface area contributed by atoms with Crippen LogP contribution in [0.25, 0.3) is 0 Å². The van der Waals surface area contributed by atoms with Crippen molar-refractivity contribution in [2.24, 2.45) is 0 Å². The number of carbonyl (C=O) groups is 3. The van der Waals surface area contributed by atoms with Crippen molar-refractivity contribution >= 4 is 29.1 Å². The van der Waals surface area contributed by atoms with Crippen LogP contribution in [0.15, 0.2) is 35.7 Å². The van der Waals surface area contributed by atoms with Crippen LogP contribution in [0.3, 0.4) is 0 Å². The number of esters is 1. The molecule has 0 bridgehead atoms. The third kappa shape index (κ3) is 16.1. The molecule has 0 fully saturated rings. The Bertz CT molecular complexity index is 1190. The van der Waals surface area contributed by atoms with Crippen LogP contribution in [0.2, 0.25) is 0 Å². The zero-order valence-electron chi connectivity index (χ0n) is 30.0. The maximum Gasteiger partial charge on any atom is 0.312 e. The topological polar surface area (TPSA) is 87.7 Å². The van der Waals surface area contributed by atoms with E-state index in [1.54, 1.807) is 0 Å². The molecule has 7 nitrogen and oxygen atoms in total. The van der Waals surface area contributed by atoms with Crippen molar-refractivity contribution in [1.82, 2.24) is 15.5 Å². The molecule has 2 amide bonds. The summed E-state index contributed by atoms with van der Waals surface area (Å²) in [4.78, 5) is 40.9. The molecule has 3 rings (SSSR count). The predicted molar refractivity (Wildman–Crippen MR) is 199 cm³/mol. The van der Waals surface area contributed by atoms with Crippen LogP contribution in [-0.4, -0.2) is 54.9 Å². The first-order chi connectivity index (χ1) is 23.5. The van der Waals surface area contributed by atoms with Gasteiger partial charge < -0.3 is 15.4 Å². The van der Waals surface area contributed by atoms with Gasteiger partial charge in [-0.15, -0.1) is 11.3 Å². The summed E-state index contributed by atoms with van der Waals surface area (Å²) < 4.78 is 5.81. The van der Waals surface area contributed by atoms with Gasteiger partial charge in [-0.1, -0.05) is 89.8 Å². The van der Waals surface area contributed by atoms with E-state index in [2.05, 4.69) is 53.0 Å². The van der Waals surface area contributed by atoms with Crippen molar-refractivity contribution in [2.45, 2.75) is 148 Å². The van der Waals surface area contributed by atoms with Crippen LogP contribution in [0.4, 0.5) is 0 Å². The molecular weight excluding hydrogens is 619 g/mol. The third-order valence-corrected chi connectivity index (χ3v) is 10.4. The Hall–Kier alpha value is -2.71. The average molecular weight is 682 g/mol. The van der Waals surface area contributed by atoms with Gasteiger partial charge in [0.05, 0.1) is 6.42 Å². The number of unbranched alkanes of at least 4 members (excludes halogenated alkanes) is 10. The minimum Gasteiger partial charge on any atom is -0.426 e. The van der Waals surface area contributed by atoms with Gasteiger partial charge in [-0.2, -0.15) is 0 Å². The maximum atomic E-state index is 12.7. The molecule has 0 unspecified atom stereocenters. The van der Waals surface area contributed by atoms with Gasteiger partial charge in [0.25, 0.3) is 0 Å². The molecule has 0 aliphatic heterocycles. The van der Waals surface area contributed by atoms with Crippen LogP contribution >= 0.6 is 11.3 Å². The molecule has 1 aromatic heterocycles. The fourth-order valence-electron chi connectivity index (χ4n) is 6.70. The highest BCUT2D eigenvalue weighted by Gasteiger charge is 2.26. The predicted octanol–water partition coefficient (Wildman–Crippen LogP) is 8.57. The van der Waals surface area contributed by atoms with Gasteiger partial charge in [-0.3, -0.25) is 19.3 Å². The Morgan fingerprint density at radius 2 is 1.46 bits per heavy atom. The van der Waals surface area contributed by atoms with E-state index in [0.717, 1.165) is 95.8 Å². The van der Waals surface area contributed by atoms with Crippen LogP contribution < -0.4 is 15.4 Å². The van der Waals surface area contributed by atoms with Gasteiger partial charge in [0, 0.05) is 43.4 Å². The van der Waals surface area contributed by atoms with Crippen molar-refractivity contribution < 1.29 is 19.1 Å². The number of hydrogen-bond acceptors (Lipinski definition) is 6. The molecular formula is C40H63N3O4S. The number of carbonyl (C=O) groups excluding carboxylic acids is 3. The highest BCUT2D eigenvalue weighted by Crippen LogP contribution is 2.32. The van der Waals surface area contributed by atoms with Gasteiger partial charge in [-0.05, 0) is 86.6 Å². The lowest BCUT2D eigenvalue weighted by atomic mass is 9.86. The Balaban J connectivity index is 1.21. The van der Waals surface area contributed by atoms with E-state index in [9.17, 15) is 14.4 Å². The van der Waals surface area contributed by atoms with Gasteiger partial charge in [-0.25, -0.2) is 0 Å². The van der Waals surface area contributed by atoms with Crippen molar-refractivity contribution in [3.63, 3.8) is 0 Å². The van der Waals surface area contributed by atoms with Crippen LogP contribution in [0.1, 0.15) is 139 Å². The Morgan fingerprint density at radius 1 is 0.771 bits per heavy atom. The van der Waals surface area contributed by atoms with Crippen molar-refractivity contribution in [3.05, 3.63) is 51.7 Å². The largest absolute Gasteiger partial charge is 0.426 e. The fraction of sp³-hybridized carbons (Fsp3) is 0.675. The van der Waals surface area contributed by atoms with Gasteiger partial charge in [0.15, 0.2) is 0 Å². The van der Waals surface area contributed by atoms with Crippen LogP contribution in [0.5, 0.6) is 5.75 Å². The first kappa shape index (κ1) is 39.7. The van der Waals surface area contributed by atoms with E-state index in [-0.39, 0.29) is 24.2 Å². The van der Waals surface area contributed by atoms with Crippen molar-refractivity contribution in [2.75, 3.05) is 26.2 Å². The molecule has 0 spiro atoms. The summed E-state index contributed by atoms with van der Waals surface area (Å²) in [5, 5.41) is 8.08. The zero-order chi connectivity index (χ0) is 34.2. The monoisotopic (exact) mass is 681 g/mol. The number of nitrogens with zero attached hydrogens (tertiary/aromatic N) is 1. The summed E-state index contributed by atoms with van der Waals surface area (Å²) in [6.45, 7) is 7.76. The second-order valence-electron chi connectivity index (χ2n) is 13.5. The lowest BCUT2D eigenvalue weighted by molar-refractivity contribution is -0.134. The minimum absolute atomic E-state index is 0.00489. The van der Waals surface area contributed by atoms with E-state index in [1.165, 1.54) is 49.0 Å². The second-order valence-corrected chi connectivity index (χ2v) is 14.5. The van der Waals surface area contributed by atoms with Gasteiger partial charge in [0.1, 0.15) is 5.75 Å². The number of benzene rings is 1. The molecule has 8 heteroatoms. The summed E-state index contributed by atoms with van der Waals surface area (Å²) in [6.07, 6.45) is 19.9. The molecule has 0 saturated carbocycles. The smallest absolute Gasteiger partial charge is 0.312 e. The standard InChI is InChI=1S/C40H63N3O4S/c1-3-5-6-15-27-41-38(44)21-13-11-9-7-8-10-12-14-22-39(45)42-28-25-40(46)47-37-20-16-18-33-32-34(23-24-36(33)37)43(29-4-2)30-26-35-19-17-31-48-35/h16-20,31,34H,3-15,21-30,32H2,1-2H3,(H,41,44)(H,42,45)/t34-/m0/s1. The van der Waals surface area contributed by atoms with Crippen LogP contribution in [0, 0.1) is 0 Å². The molecule has 2 aromatic rings. The van der Waals surface area contributed by atoms with Gasteiger partial charge in [0.2, 0.25) is 11.8 Å². The van der Waals surface area contributed by atoms with E-state index in [4.69, 9.17) is 4.74 Å². The van der Waals surface area contributed by atoms with E-state index in [1.807, 2.05) is 23.5 Å². The van der Waals surface area contributed by atoms with Crippen molar-refractivity contribution in [3.8, 4) is 5.75 Å². The summed E-state index contributed by atoms with van der Waals surface area (Å²) in [5.41, 5.74) is 2.45. The number of nitrogens with one attached hydrogen (secondary N) is 2. The highest BCUT2D eigenvalue weighted by atomic mass is 32.1. The maximum absolute atomic E-state index is 12.7. The van der Waals surface area contributed by atoms with E-state index >= 15 is 0 Å². The lowest BCUT2D eigenvalue weighted by Gasteiger charge is -2.35. The Labute approximate surface area is 295 Å². The molecule has 1 aliphatic rings. The highest BCUT2D eigenvalue weighted by molar-refractivity contribution is 7.09. The fourth-order valence-corrected chi connectivity index (χ4v) is 7.40. The Morgan fingerprint density at radius 3 is 2.12 bits per heavy atom. The normalized spacial score (nSPS) is 14.1. The summed E-state index contributed by atoms with van der Waals surface area (Å²) in [6, 6.07) is 11.0. The number of hydrogen-bond donors (Lipinski definition) is 2. The second kappa shape index (κ2) is 24.4. The van der Waals surface area contributed by atoms with E-state index < -0.39 is 0 Å². The molecule has 268 valence electrons. The van der Waals surface area contributed by atoms with Gasteiger partial charge >= 0.3 is 5.97 Å². The zero-order valence-corrected chi connectivity index (χ0v) is 30.8. The number of thiophene rings is 1. The number of fused-ring (bicyclic) bond motifs is 1. The van der Waals surface area contributed by atoms with Crippen LogP contribution in [-0.2, 0) is 33.6 Å². The molecule has 48 heavy (non-hydrogen) atoms. The molecule has 0 radical (unpaired) electrons. The molecule has 0 saturated heterocycles. The number of ether oxygens (including phenoxy) is 1. The lowest BCUT2D eigenvalue weighted by Crippen LogP contribution is -2.41. The number of rotatable bonds is 26. The molecule has 1 heterocycles. The molecule has 1 aromatic carbocycles. The Kier molecular flexibility index (Phi) is 20.2. The SMILES string of the molecule is CCCCCCNC(=O)CCCCCCCCCCC(=O)NCCC(=O)Oc1cccc2c1CC[C@H](N(CCC)CCc1cccs1)C2. The third-order valence-electron chi connectivity index (χ3n) is 9.45. The summed E-state index contributed by atoms with van der Waals surface area (Å²) in [5.74, 6) is 0.587. The summed E-state index contributed by atoms with van der Waals surface area (Å²) in [7, 11) is 0. The first-order valence-electron chi connectivity index (χ1n) is 19.1. The quantitative estimate of drug-likeness (QED) is 0.0590. The summed E-state index contributed by atoms with van der Waals surface area (Å²) >= 11 is 1.84.